The molecule has 2 aromatic rings. The van der Waals surface area contributed by atoms with Crippen LogP contribution >= 0.6 is 15.9 Å². The summed E-state index contributed by atoms with van der Waals surface area (Å²) in [4.78, 5) is 0.206. The maximum absolute atomic E-state index is 12.4. The van der Waals surface area contributed by atoms with Gasteiger partial charge in [-0.05, 0) is 34.1 Å². The predicted octanol–water partition coefficient (Wildman–Crippen LogP) is 2.70. The molecule has 0 saturated carbocycles. The van der Waals surface area contributed by atoms with Gasteiger partial charge >= 0.3 is 0 Å². The van der Waals surface area contributed by atoms with Crippen molar-refractivity contribution in [3.05, 3.63) is 52.5 Å². The molecule has 0 bridgehead atoms. The maximum atomic E-state index is 12.4. The van der Waals surface area contributed by atoms with E-state index in [0.717, 1.165) is 5.56 Å². The SMILES string of the molecule is O=S(=O)(NCc1cccc2c1OCCO2)c1ccccc1Br. The van der Waals surface area contributed by atoms with Gasteiger partial charge in [0.25, 0.3) is 0 Å². The van der Waals surface area contributed by atoms with Gasteiger partial charge in [-0.15, -0.1) is 0 Å². The first kappa shape index (κ1) is 15.3. The molecule has 1 heterocycles. The highest BCUT2D eigenvalue weighted by Crippen LogP contribution is 2.33. The lowest BCUT2D eigenvalue weighted by Crippen LogP contribution is -2.25. The summed E-state index contributed by atoms with van der Waals surface area (Å²) < 4.78 is 38.9. The Kier molecular flexibility index (Phi) is 4.37. The van der Waals surface area contributed by atoms with Crippen LogP contribution < -0.4 is 14.2 Å². The van der Waals surface area contributed by atoms with E-state index in [4.69, 9.17) is 9.47 Å². The molecular formula is C15H14BrNO4S. The number of rotatable bonds is 4. The van der Waals surface area contributed by atoms with Crippen LogP contribution in [-0.4, -0.2) is 21.6 Å². The number of fused-ring (bicyclic) bond motifs is 1. The largest absolute Gasteiger partial charge is 0.486 e. The van der Waals surface area contributed by atoms with Crippen molar-refractivity contribution >= 4 is 26.0 Å². The van der Waals surface area contributed by atoms with E-state index < -0.39 is 10.0 Å². The lowest BCUT2D eigenvalue weighted by Gasteiger charge is -2.21. The van der Waals surface area contributed by atoms with Crippen molar-refractivity contribution in [2.45, 2.75) is 11.4 Å². The van der Waals surface area contributed by atoms with E-state index in [1.54, 1.807) is 30.3 Å². The summed E-state index contributed by atoms with van der Waals surface area (Å²) in [6, 6.07) is 12.1. The van der Waals surface area contributed by atoms with Crippen LogP contribution in [0.15, 0.2) is 51.8 Å². The van der Waals surface area contributed by atoms with E-state index in [1.807, 2.05) is 12.1 Å². The summed E-state index contributed by atoms with van der Waals surface area (Å²) in [5.74, 6) is 1.24. The summed E-state index contributed by atoms with van der Waals surface area (Å²) in [6.07, 6.45) is 0. The van der Waals surface area contributed by atoms with E-state index in [-0.39, 0.29) is 11.4 Å². The van der Waals surface area contributed by atoms with Crippen molar-refractivity contribution in [3.63, 3.8) is 0 Å². The fourth-order valence-electron chi connectivity index (χ4n) is 2.19. The lowest BCUT2D eigenvalue weighted by molar-refractivity contribution is 0.170. The number of nitrogens with one attached hydrogen (secondary N) is 1. The highest BCUT2D eigenvalue weighted by Gasteiger charge is 2.20. The second-order valence-corrected chi connectivity index (χ2v) is 7.29. The molecule has 0 unspecified atom stereocenters. The van der Waals surface area contributed by atoms with Gasteiger partial charge in [-0.1, -0.05) is 24.3 Å². The molecule has 2 aromatic carbocycles. The van der Waals surface area contributed by atoms with Gasteiger partial charge in [0, 0.05) is 16.6 Å². The number of benzene rings is 2. The van der Waals surface area contributed by atoms with Crippen LogP contribution in [0.1, 0.15) is 5.56 Å². The van der Waals surface area contributed by atoms with Gasteiger partial charge in [-0.3, -0.25) is 0 Å². The normalized spacial score (nSPS) is 13.9. The van der Waals surface area contributed by atoms with Crippen LogP contribution in [0, 0.1) is 0 Å². The average molecular weight is 384 g/mol. The highest BCUT2D eigenvalue weighted by atomic mass is 79.9. The Morgan fingerprint density at radius 2 is 1.82 bits per heavy atom. The minimum absolute atomic E-state index is 0.135. The van der Waals surface area contributed by atoms with E-state index in [9.17, 15) is 8.42 Å². The molecule has 1 aliphatic heterocycles. The van der Waals surface area contributed by atoms with Crippen LogP contribution in [0.5, 0.6) is 11.5 Å². The Bertz CT molecular complexity index is 792. The van der Waals surface area contributed by atoms with Gasteiger partial charge in [0.2, 0.25) is 10.0 Å². The van der Waals surface area contributed by atoms with Gasteiger partial charge < -0.3 is 9.47 Å². The summed E-state index contributed by atoms with van der Waals surface area (Å²) in [5.41, 5.74) is 0.743. The molecule has 7 heteroatoms. The molecule has 22 heavy (non-hydrogen) atoms. The molecule has 0 aromatic heterocycles. The molecule has 5 nitrogen and oxygen atoms in total. The third kappa shape index (κ3) is 3.11. The van der Waals surface area contributed by atoms with E-state index >= 15 is 0 Å². The third-order valence-electron chi connectivity index (χ3n) is 3.23. The van der Waals surface area contributed by atoms with Crippen molar-refractivity contribution in [2.75, 3.05) is 13.2 Å². The molecule has 0 radical (unpaired) electrons. The molecule has 0 spiro atoms. The summed E-state index contributed by atoms with van der Waals surface area (Å²) in [7, 11) is -3.61. The molecule has 116 valence electrons. The quantitative estimate of drug-likeness (QED) is 0.881. The molecule has 1 aliphatic rings. The van der Waals surface area contributed by atoms with Crippen LogP contribution in [0.4, 0.5) is 0 Å². The number of hydrogen-bond acceptors (Lipinski definition) is 4. The van der Waals surface area contributed by atoms with Gasteiger partial charge in [0.1, 0.15) is 13.2 Å². The molecule has 3 rings (SSSR count). The van der Waals surface area contributed by atoms with Crippen LogP contribution in [0.2, 0.25) is 0 Å². The fourth-order valence-corrected chi connectivity index (χ4v) is 4.19. The minimum atomic E-state index is -3.61. The number of hydrogen-bond donors (Lipinski definition) is 1. The molecular weight excluding hydrogens is 370 g/mol. The van der Waals surface area contributed by atoms with Gasteiger partial charge in [-0.25, -0.2) is 13.1 Å². The zero-order valence-electron chi connectivity index (χ0n) is 11.6. The number of halogens is 1. The summed E-state index contributed by atoms with van der Waals surface area (Å²) >= 11 is 3.25. The molecule has 0 saturated heterocycles. The first-order valence-corrected chi connectivity index (χ1v) is 8.97. The van der Waals surface area contributed by atoms with Crippen molar-refractivity contribution in [3.8, 4) is 11.5 Å². The zero-order chi connectivity index (χ0) is 15.6. The molecule has 0 atom stereocenters. The van der Waals surface area contributed by atoms with Crippen molar-refractivity contribution in [2.24, 2.45) is 0 Å². The Balaban J connectivity index is 1.82. The minimum Gasteiger partial charge on any atom is -0.486 e. The standard InChI is InChI=1S/C15H14BrNO4S/c16-12-5-1-2-7-14(12)22(18,19)17-10-11-4-3-6-13-15(11)21-9-8-20-13/h1-7,17H,8-10H2. The lowest BCUT2D eigenvalue weighted by atomic mass is 10.2. The van der Waals surface area contributed by atoms with Crippen LogP contribution in [0.25, 0.3) is 0 Å². The first-order valence-electron chi connectivity index (χ1n) is 6.69. The Morgan fingerprint density at radius 1 is 1.05 bits per heavy atom. The second kappa shape index (κ2) is 6.28. The van der Waals surface area contributed by atoms with Gasteiger partial charge in [0.05, 0.1) is 4.90 Å². The van der Waals surface area contributed by atoms with Crippen molar-refractivity contribution < 1.29 is 17.9 Å². The number of sulfonamides is 1. The number of para-hydroxylation sites is 1. The monoisotopic (exact) mass is 383 g/mol. The Morgan fingerprint density at radius 3 is 2.64 bits per heavy atom. The van der Waals surface area contributed by atoms with Crippen molar-refractivity contribution in [1.82, 2.24) is 4.72 Å². The van der Waals surface area contributed by atoms with E-state index in [1.165, 1.54) is 0 Å². The smallest absolute Gasteiger partial charge is 0.241 e. The summed E-state index contributed by atoms with van der Waals surface area (Å²) in [6.45, 7) is 1.09. The first-order chi connectivity index (χ1) is 10.6. The maximum Gasteiger partial charge on any atom is 0.241 e. The van der Waals surface area contributed by atoms with Crippen molar-refractivity contribution in [1.29, 1.82) is 0 Å². The van der Waals surface area contributed by atoms with E-state index in [0.29, 0.717) is 29.2 Å². The fraction of sp³-hybridized carbons (Fsp3) is 0.200. The van der Waals surface area contributed by atoms with E-state index in [2.05, 4.69) is 20.7 Å². The number of ether oxygens (including phenoxy) is 2. The van der Waals surface area contributed by atoms with Gasteiger partial charge in [0.15, 0.2) is 11.5 Å². The second-order valence-electron chi connectivity index (χ2n) is 4.70. The predicted molar refractivity (Wildman–Crippen MR) is 85.6 cm³/mol. The van der Waals surface area contributed by atoms with Crippen LogP contribution in [0.3, 0.4) is 0 Å². The zero-order valence-corrected chi connectivity index (χ0v) is 14.0. The Hall–Kier alpha value is -1.57. The molecule has 0 fully saturated rings. The highest BCUT2D eigenvalue weighted by molar-refractivity contribution is 9.10. The topological polar surface area (TPSA) is 64.6 Å². The molecule has 0 aliphatic carbocycles. The molecule has 1 N–H and O–H groups in total. The average Bonchev–Trinajstić information content (AvgIpc) is 2.53. The van der Waals surface area contributed by atoms with Gasteiger partial charge in [-0.2, -0.15) is 0 Å². The Labute approximate surface area is 137 Å². The van der Waals surface area contributed by atoms with Crippen LogP contribution in [-0.2, 0) is 16.6 Å². The summed E-state index contributed by atoms with van der Waals surface area (Å²) in [5, 5.41) is 0. The third-order valence-corrected chi connectivity index (χ3v) is 5.64. The molecule has 0 amide bonds.